The van der Waals surface area contributed by atoms with E-state index in [2.05, 4.69) is 0 Å². The fraction of sp³-hybridized carbons (Fsp3) is 0.263. The van der Waals surface area contributed by atoms with Crippen LogP contribution in [0.15, 0.2) is 53.4 Å². The van der Waals surface area contributed by atoms with Crippen molar-refractivity contribution < 1.29 is 18.5 Å². The van der Waals surface area contributed by atoms with Gasteiger partial charge >= 0.3 is 5.97 Å². The van der Waals surface area contributed by atoms with Crippen molar-refractivity contribution in [3.8, 4) is 0 Å². The van der Waals surface area contributed by atoms with Crippen LogP contribution >= 0.6 is 0 Å². The molecule has 1 aliphatic heterocycles. The van der Waals surface area contributed by atoms with Gasteiger partial charge in [-0.1, -0.05) is 30.3 Å². The van der Waals surface area contributed by atoms with E-state index in [1.165, 1.54) is 6.26 Å². The van der Waals surface area contributed by atoms with Crippen LogP contribution < -0.4 is 4.90 Å². The molecule has 130 valence electrons. The summed E-state index contributed by atoms with van der Waals surface area (Å²) in [6.07, 6.45) is 2.29. The van der Waals surface area contributed by atoms with Crippen LogP contribution in [0.4, 0.5) is 5.69 Å². The summed E-state index contributed by atoms with van der Waals surface area (Å²) in [6.45, 7) is 1.62. The zero-order chi connectivity index (χ0) is 18.0. The second-order valence-corrected chi connectivity index (χ2v) is 7.32. The van der Waals surface area contributed by atoms with E-state index in [0.717, 1.165) is 17.7 Å². The summed E-state index contributed by atoms with van der Waals surface area (Å²) >= 11 is 0. The minimum absolute atomic E-state index is 0.0269. The van der Waals surface area contributed by atoms with Crippen LogP contribution in [0.3, 0.4) is 0 Å². The molecule has 0 aliphatic carbocycles. The number of benzene rings is 2. The van der Waals surface area contributed by atoms with Crippen molar-refractivity contribution in [1.82, 2.24) is 0 Å². The minimum atomic E-state index is -1.31. The smallest absolute Gasteiger partial charge is 0.339 e. The standard InChI is InChI=1S/C19H19NO4S/c1-13-11-14-7-3-5-9-16(14)20(13)18(21)12-24-19(22)15-8-4-6-10-17(15)25(2)23/h3-10,13H,11-12H2,1-2H3/t13-,25-/m1/s1. The van der Waals surface area contributed by atoms with Gasteiger partial charge in [0.15, 0.2) is 6.61 Å². The molecule has 0 saturated carbocycles. The number of ether oxygens (including phenoxy) is 1. The lowest BCUT2D eigenvalue weighted by Crippen LogP contribution is -2.38. The minimum Gasteiger partial charge on any atom is -0.452 e. The van der Waals surface area contributed by atoms with E-state index in [4.69, 9.17) is 4.74 Å². The number of hydrogen-bond donors (Lipinski definition) is 0. The van der Waals surface area contributed by atoms with E-state index in [9.17, 15) is 13.8 Å². The summed E-state index contributed by atoms with van der Waals surface area (Å²) in [4.78, 5) is 26.9. The fourth-order valence-corrected chi connectivity index (χ4v) is 3.84. The van der Waals surface area contributed by atoms with Gasteiger partial charge in [-0.25, -0.2) is 4.79 Å². The van der Waals surface area contributed by atoms with Gasteiger partial charge in [0, 0.05) is 18.0 Å². The maximum atomic E-state index is 12.6. The third-order valence-electron chi connectivity index (χ3n) is 4.22. The molecule has 1 heterocycles. The van der Waals surface area contributed by atoms with Gasteiger partial charge in [0.1, 0.15) is 0 Å². The third-order valence-corrected chi connectivity index (χ3v) is 5.19. The van der Waals surface area contributed by atoms with Gasteiger partial charge in [-0.15, -0.1) is 0 Å². The van der Waals surface area contributed by atoms with Crippen LogP contribution in [0.5, 0.6) is 0 Å². The topological polar surface area (TPSA) is 63.7 Å². The number of esters is 1. The quantitative estimate of drug-likeness (QED) is 0.789. The molecule has 25 heavy (non-hydrogen) atoms. The van der Waals surface area contributed by atoms with E-state index in [1.807, 2.05) is 31.2 Å². The molecule has 1 amide bonds. The number of fused-ring (bicyclic) bond motifs is 1. The molecule has 1 aliphatic rings. The Hall–Kier alpha value is -2.47. The van der Waals surface area contributed by atoms with Crippen molar-refractivity contribution in [3.63, 3.8) is 0 Å². The summed E-state index contributed by atoms with van der Waals surface area (Å²) in [7, 11) is -1.31. The molecule has 0 aromatic heterocycles. The molecule has 2 atom stereocenters. The van der Waals surface area contributed by atoms with E-state index in [0.29, 0.717) is 4.90 Å². The fourth-order valence-electron chi connectivity index (χ4n) is 3.11. The highest BCUT2D eigenvalue weighted by Gasteiger charge is 2.31. The first kappa shape index (κ1) is 17.4. The van der Waals surface area contributed by atoms with Crippen LogP contribution in [0.2, 0.25) is 0 Å². The number of carbonyl (C=O) groups excluding carboxylic acids is 2. The summed E-state index contributed by atoms with van der Waals surface area (Å²) in [6, 6.07) is 14.3. The van der Waals surface area contributed by atoms with Crippen molar-refractivity contribution in [2.45, 2.75) is 24.3 Å². The summed E-state index contributed by atoms with van der Waals surface area (Å²) in [5, 5.41) is 0. The van der Waals surface area contributed by atoms with Gasteiger partial charge in [0.2, 0.25) is 0 Å². The maximum absolute atomic E-state index is 12.6. The van der Waals surface area contributed by atoms with Crippen molar-refractivity contribution >= 4 is 28.4 Å². The molecule has 2 aromatic rings. The van der Waals surface area contributed by atoms with E-state index >= 15 is 0 Å². The predicted molar refractivity (Wildman–Crippen MR) is 96.2 cm³/mol. The number of rotatable bonds is 4. The van der Waals surface area contributed by atoms with Crippen LogP contribution in [0.25, 0.3) is 0 Å². The first-order valence-electron chi connectivity index (χ1n) is 7.98. The number of anilines is 1. The Balaban J connectivity index is 1.71. The summed E-state index contributed by atoms with van der Waals surface area (Å²) in [5.74, 6) is -0.903. The zero-order valence-corrected chi connectivity index (χ0v) is 14.9. The number of amides is 1. The average Bonchev–Trinajstić information content (AvgIpc) is 2.95. The molecule has 0 unspecified atom stereocenters. The van der Waals surface area contributed by atoms with Gasteiger partial charge in [-0.3, -0.25) is 9.00 Å². The summed E-state index contributed by atoms with van der Waals surface area (Å²) < 4.78 is 16.9. The second kappa shape index (κ2) is 7.19. The predicted octanol–water partition coefficient (Wildman–Crippen LogP) is 2.56. The normalized spacial score (nSPS) is 17.0. The van der Waals surface area contributed by atoms with Gasteiger partial charge in [-0.2, -0.15) is 0 Å². The molecule has 2 aromatic carbocycles. The lowest BCUT2D eigenvalue weighted by molar-refractivity contribution is -0.122. The number of hydrogen-bond acceptors (Lipinski definition) is 4. The first-order valence-corrected chi connectivity index (χ1v) is 9.54. The Kier molecular flexibility index (Phi) is 4.99. The molecule has 5 nitrogen and oxygen atoms in total. The molecular weight excluding hydrogens is 338 g/mol. The Morgan fingerprint density at radius 3 is 2.60 bits per heavy atom. The monoisotopic (exact) mass is 357 g/mol. The highest BCUT2D eigenvalue weighted by Crippen LogP contribution is 2.31. The van der Waals surface area contributed by atoms with Gasteiger partial charge in [0.25, 0.3) is 5.91 Å². The van der Waals surface area contributed by atoms with Gasteiger partial charge in [0.05, 0.1) is 21.3 Å². The molecule has 3 rings (SSSR count). The van der Waals surface area contributed by atoms with E-state index < -0.39 is 16.8 Å². The molecule has 0 radical (unpaired) electrons. The number of nitrogens with zero attached hydrogens (tertiary/aromatic N) is 1. The van der Waals surface area contributed by atoms with Crippen LogP contribution in [0, 0.1) is 0 Å². The largest absolute Gasteiger partial charge is 0.452 e. The second-order valence-electron chi connectivity index (χ2n) is 5.97. The Labute approximate surface area is 149 Å². The highest BCUT2D eigenvalue weighted by molar-refractivity contribution is 7.84. The van der Waals surface area contributed by atoms with Crippen LogP contribution in [-0.4, -0.2) is 35.0 Å². The van der Waals surface area contributed by atoms with Crippen molar-refractivity contribution in [2.75, 3.05) is 17.8 Å². The van der Waals surface area contributed by atoms with Gasteiger partial charge in [-0.05, 0) is 37.1 Å². The number of carbonyl (C=O) groups is 2. The van der Waals surface area contributed by atoms with E-state index in [-0.39, 0.29) is 24.1 Å². The number of para-hydroxylation sites is 1. The van der Waals surface area contributed by atoms with Crippen LogP contribution in [0.1, 0.15) is 22.8 Å². The lowest BCUT2D eigenvalue weighted by Gasteiger charge is -2.22. The summed E-state index contributed by atoms with van der Waals surface area (Å²) in [5.41, 5.74) is 2.21. The molecule has 6 heteroatoms. The van der Waals surface area contributed by atoms with Crippen molar-refractivity contribution in [1.29, 1.82) is 0 Å². The van der Waals surface area contributed by atoms with Crippen molar-refractivity contribution in [2.24, 2.45) is 0 Å². The lowest BCUT2D eigenvalue weighted by atomic mass is 10.1. The molecule has 0 saturated heterocycles. The average molecular weight is 357 g/mol. The van der Waals surface area contributed by atoms with Crippen molar-refractivity contribution in [3.05, 3.63) is 59.7 Å². The highest BCUT2D eigenvalue weighted by atomic mass is 32.2. The molecule has 0 bridgehead atoms. The zero-order valence-electron chi connectivity index (χ0n) is 14.1. The first-order chi connectivity index (χ1) is 12.0. The van der Waals surface area contributed by atoms with Crippen LogP contribution in [-0.2, 0) is 26.8 Å². The Morgan fingerprint density at radius 1 is 1.16 bits per heavy atom. The molecule has 0 fully saturated rings. The van der Waals surface area contributed by atoms with Gasteiger partial charge < -0.3 is 9.64 Å². The molecule has 0 spiro atoms. The molecule has 0 N–H and O–H groups in total. The Morgan fingerprint density at radius 2 is 1.84 bits per heavy atom. The molecular formula is C19H19NO4S. The van der Waals surface area contributed by atoms with E-state index in [1.54, 1.807) is 29.2 Å². The Bertz CT molecular complexity index is 849. The maximum Gasteiger partial charge on any atom is 0.339 e. The SMILES string of the molecule is C[C@@H]1Cc2ccccc2N1C(=O)COC(=O)c1ccccc1[S@@](C)=O. The third kappa shape index (κ3) is 3.49.